The molecule has 1 amide bonds. The average molecular weight is 354 g/mol. The van der Waals surface area contributed by atoms with Crippen LogP contribution in [0.25, 0.3) is 10.1 Å². The molecule has 3 heterocycles. The normalized spacial score (nSPS) is 14.9. The Morgan fingerprint density at radius 1 is 1.16 bits per heavy atom. The van der Waals surface area contributed by atoms with Gasteiger partial charge in [-0.2, -0.15) is 0 Å². The lowest BCUT2D eigenvalue weighted by Gasteiger charge is -2.35. The number of benzene rings is 1. The number of nitrogens with zero attached hydrogens (tertiary/aromatic N) is 2. The zero-order valence-electron chi connectivity index (χ0n) is 13.9. The lowest BCUT2D eigenvalue weighted by atomic mass is 10.1. The van der Waals surface area contributed by atoms with Crippen molar-refractivity contribution < 1.29 is 9.21 Å². The summed E-state index contributed by atoms with van der Waals surface area (Å²) in [5.41, 5.74) is 1.89. The molecule has 2 aromatic heterocycles. The number of furan rings is 1. The predicted molar refractivity (Wildman–Crippen MR) is 99.7 cm³/mol. The molecule has 0 atom stereocenters. The molecule has 4 rings (SSSR count). The summed E-state index contributed by atoms with van der Waals surface area (Å²) in [7, 11) is 0. The molecule has 5 nitrogen and oxygen atoms in total. The first-order valence-corrected chi connectivity index (χ1v) is 9.11. The van der Waals surface area contributed by atoms with Gasteiger partial charge in [-0.25, -0.2) is 0 Å². The third-order valence-corrected chi connectivity index (χ3v) is 5.50. The molecule has 0 N–H and O–H groups in total. The topological polar surface area (TPSA) is 53.8 Å². The van der Waals surface area contributed by atoms with Crippen molar-refractivity contribution in [2.45, 2.75) is 6.92 Å². The number of hydrogen-bond donors (Lipinski definition) is 0. The van der Waals surface area contributed by atoms with E-state index in [1.54, 1.807) is 28.4 Å². The molecule has 1 aromatic carbocycles. The summed E-state index contributed by atoms with van der Waals surface area (Å²) in [6.45, 7) is 4.44. The molecule has 128 valence electrons. The molecule has 25 heavy (non-hydrogen) atoms. The van der Waals surface area contributed by atoms with E-state index in [-0.39, 0.29) is 11.3 Å². The van der Waals surface area contributed by atoms with Crippen molar-refractivity contribution in [2.24, 2.45) is 0 Å². The highest BCUT2D eigenvalue weighted by Gasteiger charge is 2.25. The van der Waals surface area contributed by atoms with E-state index in [1.165, 1.54) is 6.26 Å². The van der Waals surface area contributed by atoms with Gasteiger partial charge in [0.2, 0.25) is 5.43 Å². The van der Waals surface area contributed by atoms with Gasteiger partial charge in [-0.1, -0.05) is 11.6 Å². The molecule has 6 heteroatoms. The van der Waals surface area contributed by atoms with Crippen LogP contribution in [0.2, 0.25) is 0 Å². The van der Waals surface area contributed by atoms with Gasteiger partial charge >= 0.3 is 0 Å². The van der Waals surface area contributed by atoms with Gasteiger partial charge in [0.05, 0.1) is 12.0 Å². The van der Waals surface area contributed by atoms with Gasteiger partial charge in [-0.05, 0) is 31.2 Å². The highest BCUT2D eigenvalue weighted by molar-refractivity contribution is 7.16. The summed E-state index contributed by atoms with van der Waals surface area (Å²) in [4.78, 5) is 29.0. The molecule has 0 unspecified atom stereocenters. The number of carbonyl (C=O) groups excluding carboxylic acids is 1. The monoisotopic (exact) mass is 354 g/mol. The zero-order valence-corrected chi connectivity index (χ0v) is 14.7. The summed E-state index contributed by atoms with van der Waals surface area (Å²) in [5.74, 6) is 0.269. The smallest absolute Gasteiger partial charge is 0.289 e. The quantitative estimate of drug-likeness (QED) is 0.709. The Morgan fingerprint density at radius 3 is 2.68 bits per heavy atom. The summed E-state index contributed by atoms with van der Waals surface area (Å²) < 4.78 is 6.19. The summed E-state index contributed by atoms with van der Waals surface area (Å²) in [6.07, 6.45) is 1.51. The van der Waals surface area contributed by atoms with Gasteiger partial charge in [0.1, 0.15) is 0 Å². The maximum atomic E-state index is 12.9. The number of aryl methyl sites for hydroxylation is 1. The third kappa shape index (κ3) is 2.93. The van der Waals surface area contributed by atoms with E-state index in [9.17, 15) is 9.59 Å². The second-order valence-corrected chi connectivity index (χ2v) is 7.12. The number of fused-ring (bicyclic) bond motifs is 1. The molecule has 3 aromatic rings. The molecule has 1 fully saturated rings. The number of rotatable bonds is 2. The second kappa shape index (κ2) is 6.37. The minimum absolute atomic E-state index is 0.0725. The first kappa shape index (κ1) is 15.9. The van der Waals surface area contributed by atoms with Gasteiger partial charge in [0.25, 0.3) is 5.91 Å². The Hall–Kier alpha value is -2.60. The van der Waals surface area contributed by atoms with Gasteiger partial charge in [0.15, 0.2) is 5.76 Å². The Bertz CT molecular complexity index is 970. The Labute approximate surface area is 149 Å². The van der Waals surface area contributed by atoms with Crippen LogP contribution in [0, 0.1) is 6.92 Å². The number of amides is 1. The van der Waals surface area contributed by atoms with Crippen LogP contribution in [-0.4, -0.2) is 37.0 Å². The average Bonchev–Trinajstić information content (AvgIpc) is 3.17. The third-order valence-electron chi connectivity index (χ3n) is 4.55. The van der Waals surface area contributed by atoms with Gasteiger partial charge in [-0.3, -0.25) is 9.59 Å². The maximum absolute atomic E-state index is 12.9. The van der Waals surface area contributed by atoms with Crippen molar-refractivity contribution >= 4 is 33.0 Å². The van der Waals surface area contributed by atoms with Crippen LogP contribution in [0.3, 0.4) is 0 Å². The molecule has 0 bridgehead atoms. The fraction of sp³-hybridized carbons (Fsp3) is 0.263. The van der Waals surface area contributed by atoms with Crippen LogP contribution < -0.4 is 10.3 Å². The Balaban J connectivity index is 1.55. The molecule has 0 spiro atoms. The SMILES string of the molecule is Cc1ccc2scc(N3CCN(C(=O)c4ccco4)CC3)c(=O)c2c1. The van der Waals surface area contributed by atoms with Crippen molar-refractivity contribution in [3.63, 3.8) is 0 Å². The molecule has 0 aliphatic carbocycles. The van der Waals surface area contributed by atoms with Gasteiger partial charge in [0, 0.05) is 41.6 Å². The highest BCUT2D eigenvalue weighted by Crippen LogP contribution is 2.23. The fourth-order valence-corrected chi connectivity index (χ4v) is 4.08. The van der Waals surface area contributed by atoms with E-state index in [0.717, 1.165) is 21.3 Å². The minimum Gasteiger partial charge on any atom is -0.459 e. The zero-order chi connectivity index (χ0) is 17.4. The maximum Gasteiger partial charge on any atom is 0.289 e. The van der Waals surface area contributed by atoms with Crippen molar-refractivity contribution in [3.8, 4) is 0 Å². The summed E-state index contributed by atoms with van der Waals surface area (Å²) >= 11 is 1.59. The fourth-order valence-electron chi connectivity index (χ4n) is 3.16. The second-order valence-electron chi connectivity index (χ2n) is 6.21. The molecular formula is C19H18N2O3S. The minimum atomic E-state index is -0.0936. The first-order chi connectivity index (χ1) is 12.1. The van der Waals surface area contributed by atoms with Crippen LogP contribution in [0.1, 0.15) is 16.1 Å². The van der Waals surface area contributed by atoms with E-state index >= 15 is 0 Å². The van der Waals surface area contributed by atoms with Gasteiger partial charge in [-0.15, -0.1) is 11.3 Å². The van der Waals surface area contributed by atoms with E-state index in [0.29, 0.717) is 31.9 Å². The number of anilines is 1. The number of hydrogen-bond acceptors (Lipinski definition) is 5. The molecule has 1 aliphatic rings. The highest BCUT2D eigenvalue weighted by atomic mass is 32.1. The van der Waals surface area contributed by atoms with E-state index in [1.807, 2.05) is 30.5 Å². The molecule has 1 aliphatic heterocycles. The van der Waals surface area contributed by atoms with E-state index in [2.05, 4.69) is 4.90 Å². The van der Waals surface area contributed by atoms with Crippen molar-refractivity contribution in [3.05, 3.63) is 63.5 Å². The van der Waals surface area contributed by atoms with Crippen LogP contribution in [0.5, 0.6) is 0 Å². The van der Waals surface area contributed by atoms with Crippen molar-refractivity contribution in [1.82, 2.24) is 4.90 Å². The number of carbonyl (C=O) groups is 1. The molecule has 0 saturated carbocycles. The Kier molecular flexibility index (Phi) is 4.05. The lowest BCUT2D eigenvalue weighted by molar-refractivity contribution is 0.0714. The Morgan fingerprint density at radius 2 is 1.96 bits per heavy atom. The molecular weight excluding hydrogens is 336 g/mol. The van der Waals surface area contributed by atoms with Gasteiger partial charge < -0.3 is 14.2 Å². The predicted octanol–water partition coefficient (Wildman–Crippen LogP) is 3.13. The van der Waals surface area contributed by atoms with Crippen molar-refractivity contribution in [2.75, 3.05) is 31.1 Å². The first-order valence-electron chi connectivity index (χ1n) is 8.23. The number of piperazine rings is 1. The van der Waals surface area contributed by atoms with Crippen LogP contribution in [-0.2, 0) is 0 Å². The standard InChI is InChI=1S/C19H18N2O3S/c1-13-4-5-17-14(11-13)18(22)15(12-25-17)20-6-8-21(9-7-20)19(23)16-3-2-10-24-16/h2-5,10-12H,6-9H2,1H3. The lowest BCUT2D eigenvalue weighted by Crippen LogP contribution is -2.49. The largest absolute Gasteiger partial charge is 0.459 e. The van der Waals surface area contributed by atoms with E-state index in [4.69, 9.17) is 4.42 Å². The van der Waals surface area contributed by atoms with Crippen LogP contribution >= 0.6 is 11.3 Å². The van der Waals surface area contributed by atoms with Crippen LogP contribution in [0.4, 0.5) is 5.69 Å². The molecule has 0 radical (unpaired) electrons. The van der Waals surface area contributed by atoms with Crippen LogP contribution in [0.15, 0.2) is 51.2 Å². The summed E-state index contributed by atoms with van der Waals surface area (Å²) in [5, 5.41) is 2.71. The summed E-state index contributed by atoms with van der Waals surface area (Å²) in [6, 6.07) is 9.37. The molecule has 1 saturated heterocycles. The van der Waals surface area contributed by atoms with E-state index < -0.39 is 0 Å². The van der Waals surface area contributed by atoms with Crippen molar-refractivity contribution in [1.29, 1.82) is 0 Å².